The number of benzene rings is 1. The van der Waals surface area contributed by atoms with Gasteiger partial charge in [0.05, 0.1) is 13.2 Å². The number of hydrogen-bond donors (Lipinski definition) is 0. The molecule has 1 fully saturated rings. The van der Waals surface area contributed by atoms with Crippen LogP contribution in [0, 0.1) is 0 Å². The summed E-state index contributed by atoms with van der Waals surface area (Å²) in [6.07, 6.45) is 4.35. The predicted octanol–water partition coefficient (Wildman–Crippen LogP) is 3.37. The molecule has 1 aliphatic heterocycles. The van der Waals surface area contributed by atoms with E-state index in [-0.39, 0.29) is 0 Å². The minimum Gasteiger partial charge on any atom is -0.384 e. The van der Waals surface area contributed by atoms with Gasteiger partial charge in [0.15, 0.2) is 5.82 Å². The third kappa shape index (κ3) is 3.98. The van der Waals surface area contributed by atoms with E-state index in [0.717, 1.165) is 5.82 Å². The van der Waals surface area contributed by atoms with Crippen LogP contribution in [-0.4, -0.2) is 34.8 Å². The Hall–Kier alpha value is -1.72. The maximum absolute atomic E-state index is 5.44. The number of aromatic nitrogens is 2. The molecule has 5 nitrogen and oxygen atoms in total. The lowest BCUT2D eigenvalue weighted by atomic mass is 9.91. The Bertz CT molecular complexity index is 599. The molecule has 1 aromatic carbocycles. The number of nitrogens with zero attached hydrogens (tertiary/aromatic N) is 3. The van der Waals surface area contributed by atoms with Crippen molar-refractivity contribution in [1.29, 1.82) is 0 Å². The molecular weight excluding hydrogens is 290 g/mol. The second-order valence-corrected chi connectivity index (χ2v) is 6.23. The molecule has 23 heavy (non-hydrogen) atoms. The summed E-state index contributed by atoms with van der Waals surface area (Å²) in [6.45, 7) is 3.61. The zero-order valence-electron chi connectivity index (χ0n) is 13.9. The van der Waals surface area contributed by atoms with Gasteiger partial charge in [-0.1, -0.05) is 41.9 Å². The third-order valence-corrected chi connectivity index (χ3v) is 4.61. The molecule has 0 N–H and O–H groups in total. The Kier molecular flexibility index (Phi) is 5.41. The molecule has 1 aliphatic rings. The fourth-order valence-electron chi connectivity index (χ4n) is 3.35. The first-order valence-electron chi connectivity index (χ1n) is 8.39. The first-order valence-corrected chi connectivity index (χ1v) is 8.39. The Morgan fingerprint density at radius 2 is 2.09 bits per heavy atom. The number of methoxy groups -OCH3 is 1. The van der Waals surface area contributed by atoms with Gasteiger partial charge in [0, 0.05) is 25.6 Å². The average molecular weight is 315 g/mol. The lowest BCUT2D eigenvalue weighted by Gasteiger charge is -2.40. The maximum Gasteiger partial charge on any atom is 0.240 e. The molecule has 0 aliphatic carbocycles. The number of ether oxygens (including phenoxy) is 1. The van der Waals surface area contributed by atoms with Crippen molar-refractivity contribution >= 4 is 0 Å². The van der Waals surface area contributed by atoms with Gasteiger partial charge in [0.25, 0.3) is 0 Å². The molecular formula is C18H25N3O2. The molecule has 0 amide bonds. The average Bonchev–Trinajstić information content (AvgIpc) is 3.03. The minimum atomic E-state index is 0.425. The zero-order chi connectivity index (χ0) is 16.1. The van der Waals surface area contributed by atoms with Crippen molar-refractivity contribution in [3.63, 3.8) is 0 Å². The molecule has 1 saturated heterocycles. The fourth-order valence-corrected chi connectivity index (χ4v) is 3.35. The number of likely N-dealkylation sites (tertiary alicyclic amines) is 1. The van der Waals surface area contributed by atoms with Gasteiger partial charge in [-0.25, -0.2) is 0 Å². The summed E-state index contributed by atoms with van der Waals surface area (Å²) in [5, 5.41) is 4.05. The summed E-state index contributed by atoms with van der Waals surface area (Å²) in [4.78, 5) is 7.00. The lowest BCUT2D eigenvalue weighted by molar-refractivity contribution is 0.0722. The Balaban J connectivity index is 1.73. The van der Waals surface area contributed by atoms with Gasteiger partial charge in [-0.3, -0.25) is 4.90 Å². The van der Waals surface area contributed by atoms with Gasteiger partial charge in [-0.15, -0.1) is 0 Å². The van der Waals surface area contributed by atoms with Crippen LogP contribution >= 0.6 is 0 Å². The molecule has 0 unspecified atom stereocenters. The van der Waals surface area contributed by atoms with Crippen LogP contribution in [0.4, 0.5) is 0 Å². The predicted molar refractivity (Wildman–Crippen MR) is 87.9 cm³/mol. The van der Waals surface area contributed by atoms with Crippen LogP contribution in [0.2, 0.25) is 0 Å². The van der Waals surface area contributed by atoms with E-state index in [4.69, 9.17) is 9.26 Å². The first kappa shape index (κ1) is 16.1. The highest BCUT2D eigenvalue weighted by molar-refractivity contribution is 5.20. The Morgan fingerprint density at radius 1 is 1.26 bits per heavy atom. The summed E-state index contributed by atoms with van der Waals surface area (Å²) in [6, 6.07) is 11.7. The summed E-state index contributed by atoms with van der Waals surface area (Å²) in [5.41, 5.74) is 1.37. The normalized spacial score (nSPS) is 22.3. The maximum atomic E-state index is 5.44. The number of piperidine rings is 1. The van der Waals surface area contributed by atoms with E-state index in [1.807, 2.05) is 0 Å². The van der Waals surface area contributed by atoms with Gasteiger partial charge in [-0.2, -0.15) is 4.98 Å². The molecule has 0 bridgehead atoms. The fraction of sp³-hybridized carbons (Fsp3) is 0.556. The molecule has 2 heterocycles. The van der Waals surface area contributed by atoms with E-state index in [1.165, 1.54) is 24.8 Å². The van der Waals surface area contributed by atoms with E-state index in [2.05, 4.69) is 52.3 Å². The third-order valence-electron chi connectivity index (χ3n) is 4.61. The molecule has 0 radical (unpaired) electrons. The molecule has 124 valence electrons. The van der Waals surface area contributed by atoms with Crippen LogP contribution in [0.1, 0.15) is 49.5 Å². The minimum absolute atomic E-state index is 0.425. The van der Waals surface area contributed by atoms with Crippen molar-refractivity contribution in [2.24, 2.45) is 0 Å². The second kappa shape index (κ2) is 7.70. The summed E-state index contributed by atoms with van der Waals surface area (Å²) in [7, 11) is 1.68. The largest absolute Gasteiger partial charge is 0.384 e. The van der Waals surface area contributed by atoms with Crippen molar-refractivity contribution in [2.75, 3.05) is 13.7 Å². The summed E-state index contributed by atoms with van der Waals surface area (Å²) in [5.74, 6) is 1.42. The molecule has 5 heteroatoms. The molecule has 1 aromatic heterocycles. The molecule has 0 saturated carbocycles. The van der Waals surface area contributed by atoms with Crippen LogP contribution < -0.4 is 0 Å². The molecule has 2 atom stereocenters. The van der Waals surface area contributed by atoms with Gasteiger partial charge in [-0.05, 0) is 25.3 Å². The summed E-state index contributed by atoms with van der Waals surface area (Å²) >= 11 is 0. The van der Waals surface area contributed by atoms with Crippen molar-refractivity contribution < 1.29 is 9.26 Å². The highest BCUT2D eigenvalue weighted by atomic mass is 16.5. The van der Waals surface area contributed by atoms with Crippen molar-refractivity contribution in [3.05, 3.63) is 47.6 Å². The van der Waals surface area contributed by atoms with Crippen molar-refractivity contribution in [2.45, 2.75) is 51.2 Å². The highest BCUT2D eigenvalue weighted by Crippen LogP contribution is 2.35. The van der Waals surface area contributed by atoms with E-state index >= 15 is 0 Å². The quantitative estimate of drug-likeness (QED) is 0.818. The van der Waals surface area contributed by atoms with Crippen LogP contribution in [0.15, 0.2) is 34.9 Å². The van der Waals surface area contributed by atoms with Crippen LogP contribution in [0.5, 0.6) is 0 Å². The topological polar surface area (TPSA) is 51.4 Å². The monoisotopic (exact) mass is 315 g/mol. The SMILES string of the molecule is COCCc1noc(CN2[C@@H](C)CCC[C@H]2c2ccccc2)n1. The lowest BCUT2D eigenvalue weighted by Crippen LogP contribution is -2.39. The van der Waals surface area contributed by atoms with Gasteiger partial charge >= 0.3 is 0 Å². The van der Waals surface area contributed by atoms with Crippen LogP contribution in [0.3, 0.4) is 0 Å². The van der Waals surface area contributed by atoms with E-state index in [1.54, 1.807) is 7.11 Å². The van der Waals surface area contributed by atoms with E-state index in [9.17, 15) is 0 Å². The van der Waals surface area contributed by atoms with Gasteiger partial charge in [0.1, 0.15) is 0 Å². The molecule has 2 aromatic rings. The van der Waals surface area contributed by atoms with E-state index < -0.39 is 0 Å². The highest BCUT2D eigenvalue weighted by Gasteiger charge is 2.30. The zero-order valence-corrected chi connectivity index (χ0v) is 13.9. The van der Waals surface area contributed by atoms with Crippen molar-refractivity contribution in [1.82, 2.24) is 15.0 Å². The van der Waals surface area contributed by atoms with Gasteiger partial charge < -0.3 is 9.26 Å². The number of rotatable bonds is 6. The number of hydrogen-bond acceptors (Lipinski definition) is 5. The smallest absolute Gasteiger partial charge is 0.240 e. The standard InChI is InChI=1S/C18H25N3O2/c1-14-7-6-10-16(15-8-4-3-5-9-15)21(14)13-18-19-17(20-23-18)11-12-22-2/h3-5,8-9,14,16H,6-7,10-13H2,1-2H3/t14-,16-/m0/s1. The van der Waals surface area contributed by atoms with E-state index in [0.29, 0.717) is 37.5 Å². The Labute approximate surface area is 137 Å². The first-order chi connectivity index (χ1) is 11.3. The summed E-state index contributed by atoms with van der Waals surface area (Å²) < 4.78 is 10.5. The van der Waals surface area contributed by atoms with Gasteiger partial charge in [0.2, 0.25) is 5.89 Å². The molecule has 0 spiro atoms. The van der Waals surface area contributed by atoms with Crippen LogP contribution in [-0.2, 0) is 17.7 Å². The Morgan fingerprint density at radius 3 is 2.87 bits per heavy atom. The second-order valence-electron chi connectivity index (χ2n) is 6.23. The molecule has 3 rings (SSSR count). The van der Waals surface area contributed by atoms with Crippen LogP contribution in [0.25, 0.3) is 0 Å². The van der Waals surface area contributed by atoms with Crippen molar-refractivity contribution in [3.8, 4) is 0 Å².